The molecule has 0 bridgehead atoms. The summed E-state index contributed by atoms with van der Waals surface area (Å²) in [6, 6.07) is -0.827. The minimum absolute atomic E-state index is 0. The topological polar surface area (TPSA) is 218 Å². The lowest BCUT2D eigenvalue weighted by molar-refractivity contribution is -0.147. The molecule has 39 heavy (non-hydrogen) atoms. The van der Waals surface area contributed by atoms with E-state index in [4.69, 9.17) is 39.9 Å². The van der Waals surface area contributed by atoms with E-state index in [0.717, 1.165) is 13.0 Å². The fourth-order valence-electron chi connectivity index (χ4n) is 3.48. The third-order valence-electron chi connectivity index (χ3n) is 5.63. The molecule has 228 valence electrons. The monoisotopic (exact) mass is 568 g/mol. The van der Waals surface area contributed by atoms with Crippen LogP contribution < -0.4 is 11.5 Å². The third kappa shape index (κ3) is 13.3. The van der Waals surface area contributed by atoms with Crippen LogP contribution in [0.4, 0.5) is 4.79 Å². The summed E-state index contributed by atoms with van der Waals surface area (Å²) in [7, 11) is 1.46. The molecule has 1 aliphatic heterocycles. The first-order valence-corrected chi connectivity index (χ1v) is 12.8. The first-order chi connectivity index (χ1) is 18.6. The van der Waals surface area contributed by atoms with Gasteiger partial charge in [0.15, 0.2) is 12.1 Å². The summed E-state index contributed by atoms with van der Waals surface area (Å²) in [5.74, 6) is -2.77. The lowest BCUT2D eigenvalue weighted by Crippen LogP contribution is -2.52. The number of nitrogens with two attached hydrogens (primary N) is 2. The number of carbonyl (C=O) groups is 2. The van der Waals surface area contributed by atoms with Crippen molar-refractivity contribution >= 4 is 18.0 Å². The summed E-state index contributed by atoms with van der Waals surface area (Å²) < 4.78 is 32.5. The Balaban J connectivity index is 0.0000152. The van der Waals surface area contributed by atoms with Crippen LogP contribution in [-0.2, 0) is 33.2 Å². The zero-order valence-corrected chi connectivity index (χ0v) is 22.9. The van der Waals surface area contributed by atoms with Crippen molar-refractivity contribution in [2.75, 3.05) is 73.1 Å². The van der Waals surface area contributed by atoms with Crippen molar-refractivity contribution in [2.24, 2.45) is 22.4 Å². The van der Waals surface area contributed by atoms with Crippen LogP contribution in [0.1, 0.15) is 21.7 Å². The molecule has 5 atom stereocenters. The van der Waals surface area contributed by atoms with Crippen LogP contribution in [0.5, 0.6) is 0 Å². The second kappa shape index (κ2) is 19.4. The number of carboxylic acid groups (broad SMARTS) is 1. The number of carboxylic acids is 1. The average molecular weight is 569 g/mol. The summed E-state index contributed by atoms with van der Waals surface area (Å²) in [6.45, 7) is 6.55. The van der Waals surface area contributed by atoms with E-state index in [1.807, 2.05) is 6.92 Å². The van der Waals surface area contributed by atoms with Crippen molar-refractivity contribution in [3.05, 3.63) is 11.8 Å². The van der Waals surface area contributed by atoms with E-state index in [9.17, 15) is 24.9 Å². The molecule has 15 heteroatoms. The Morgan fingerprint density at radius 3 is 2.10 bits per heavy atom. The Kier molecular flexibility index (Phi) is 17.1. The van der Waals surface area contributed by atoms with Crippen LogP contribution in [0.3, 0.4) is 0 Å². The highest BCUT2D eigenvalue weighted by Gasteiger charge is 2.44. The van der Waals surface area contributed by atoms with Gasteiger partial charge in [0.2, 0.25) is 5.76 Å². The number of hydrogen-bond acceptors (Lipinski definition) is 11. The van der Waals surface area contributed by atoms with Crippen molar-refractivity contribution in [2.45, 2.75) is 44.6 Å². The van der Waals surface area contributed by atoms with Gasteiger partial charge in [-0.05, 0) is 12.5 Å². The molecule has 0 saturated carbocycles. The highest BCUT2D eigenvalue weighted by atomic mass is 16.6. The van der Waals surface area contributed by atoms with Crippen molar-refractivity contribution < 1.29 is 54.8 Å². The Morgan fingerprint density at radius 2 is 1.62 bits per heavy atom. The first-order valence-electron chi connectivity index (χ1n) is 12.8. The largest absolute Gasteiger partial charge is 0.479 e. The molecule has 1 amide bonds. The molecule has 1 aliphatic rings. The average Bonchev–Trinajstić information content (AvgIpc) is 2.90. The Bertz CT molecular complexity index is 786. The minimum atomic E-state index is -1.57. The molecular weight excluding hydrogens is 520 g/mol. The Hall–Kier alpha value is -2.69. The highest BCUT2D eigenvalue weighted by Crippen LogP contribution is 2.30. The number of guanidine groups is 1. The summed E-state index contributed by atoms with van der Waals surface area (Å²) in [4.78, 5) is 29.5. The molecule has 0 saturated heterocycles. The van der Waals surface area contributed by atoms with Gasteiger partial charge in [0, 0.05) is 27.5 Å². The SMILES string of the molecule is CCCOCCOCCOCCOCCN(C)C(=O)O[C@@H]([C@H]1OC(C(=O)O)=C[C@@H](N=C(N)N)[C@@H]1C)[C@H](O)CO.[3HH]. The fourth-order valence-corrected chi connectivity index (χ4v) is 3.48. The fraction of sp³-hybridized carbons (Fsp3) is 0.792. The molecule has 0 unspecified atom stereocenters. The van der Waals surface area contributed by atoms with Crippen molar-refractivity contribution in [1.82, 2.24) is 4.90 Å². The van der Waals surface area contributed by atoms with Crippen LogP contribution in [0.15, 0.2) is 16.8 Å². The smallest absolute Gasteiger partial charge is 0.410 e. The van der Waals surface area contributed by atoms with E-state index in [1.54, 1.807) is 6.92 Å². The lowest BCUT2D eigenvalue weighted by Gasteiger charge is -2.38. The molecule has 1 rings (SSSR count). The number of hydrogen-bond donors (Lipinski definition) is 5. The van der Waals surface area contributed by atoms with Crippen molar-refractivity contribution in [3.8, 4) is 0 Å². The number of aliphatic hydroxyl groups is 2. The Labute approximate surface area is 230 Å². The maximum Gasteiger partial charge on any atom is 0.410 e. The normalized spacial score (nSPS) is 20.3. The number of aliphatic imine (C=N–C) groups is 1. The number of aliphatic hydroxyl groups excluding tert-OH is 2. The standard InChI is InChI=1S/C24H44N4O11.H2/c1-4-6-34-8-10-36-12-13-37-11-9-35-7-5-28(3)24(33)39-21(18(30)15-29)20-16(2)17(27-23(25)26)14-19(38-20)22(31)32;/h14,16-18,20-21,29-30H,4-13,15H2,1-3H3,(H,31,32)(H4,25,26,27);1H/t16-,17+,18+,20-,21+;/m0./s1/i;1+2. The van der Waals surface area contributed by atoms with Gasteiger partial charge in [-0.1, -0.05) is 13.8 Å². The first kappa shape index (κ1) is 34.3. The van der Waals surface area contributed by atoms with Gasteiger partial charge in [-0.2, -0.15) is 0 Å². The Morgan fingerprint density at radius 1 is 1.08 bits per heavy atom. The van der Waals surface area contributed by atoms with Gasteiger partial charge in [-0.3, -0.25) is 0 Å². The maximum absolute atomic E-state index is 12.7. The minimum Gasteiger partial charge on any atom is -0.479 e. The van der Waals surface area contributed by atoms with Crippen LogP contribution in [0, 0.1) is 5.92 Å². The summed E-state index contributed by atoms with van der Waals surface area (Å²) in [5, 5.41) is 29.3. The molecule has 15 nitrogen and oxygen atoms in total. The van der Waals surface area contributed by atoms with E-state index >= 15 is 0 Å². The molecule has 1 heterocycles. The van der Waals surface area contributed by atoms with E-state index in [0.29, 0.717) is 39.6 Å². The number of amides is 1. The molecule has 0 aromatic rings. The number of aliphatic carboxylic acids is 1. The molecule has 0 radical (unpaired) electrons. The van der Waals surface area contributed by atoms with Gasteiger partial charge in [0.1, 0.15) is 12.2 Å². The van der Waals surface area contributed by atoms with Gasteiger partial charge in [-0.25, -0.2) is 14.6 Å². The zero-order valence-electron chi connectivity index (χ0n) is 22.9. The van der Waals surface area contributed by atoms with Gasteiger partial charge < -0.3 is 60.1 Å². The van der Waals surface area contributed by atoms with Gasteiger partial charge in [-0.15, -0.1) is 0 Å². The van der Waals surface area contributed by atoms with Crippen molar-refractivity contribution in [3.63, 3.8) is 0 Å². The maximum atomic E-state index is 12.7. The quantitative estimate of drug-likeness (QED) is 0.0687. The summed E-state index contributed by atoms with van der Waals surface area (Å²) in [6.07, 6.45) is -2.81. The third-order valence-corrected chi connectivity index (χ3v) is 5.63. The van der Waals surface area contributed by atoms with Crippen LogP contribution in [0.2, 0.25) is 0 Å². The predicted molar refractivity (Wildman–Crippen MR) is 141 cm³/mol. The molecule has 0 aromatic heterocycles. The molecule has 7 N–H and O–H groups in total. The van der Waals surface area contributed by atoms with Crippen LogP contribution >= 0.6 is 0 Å². The summed E-state index contributed by atoms with van der Waals surface area (Å²) >= 11 is 0. The number of nitrogens with zero attached hydrogens (tertiary/aromatic N) is 2. The molecule has 0 fully saturated rings. The molecule has 0 aliphatic carbocycles. The predicted octanol–water partition coefficient (Wildman–Crippen LogP) is -0.856. The van der Waals surface area contributed by atoms with E-state index < -0.39 is 54.7 Å². The molecule has 0 aromatic carbocycles. The number of carbonyl (C=O) groups excluding carboxylic acids is 1. The zero-order chi connectivity index (χ0) is 29.2. The van der Waals surface area contributed by atoms with Gasteiger partial charge in [0.05, 0.1) is 58.9 Å². The number of likely N-dealkylation sites (N-methyl/N-ethyl adjacent to an activating group) is 1. The summed E-state index contributed by atoms with van der Waals surface area (Å²) in [5.41, 5.74) is 10.9. The second-order valence-corrected chi connectivity index (χ2v) is 8.79. The van der Waals surface area contributed by atoms with Crippen molar-refractivity contribution in [1.29, 1.82) is 0 Å². The van der Waals surface area contributed by atoms with E-state index in [1.165, 1.54) is 18.0 Å². The van der Waals surface area contributed by atoms with E-state index in [-0.39, 0.29) is 20.5 Å². The van der Waals surface area contributed by atoms with Crippen LogP contribution in [-0.4, -0.2) is 136 Å². The van der Waals surface area contributed by atoms with Gasteiger partial charge in [0.25, 0.3) is 0 Å². The molecular formula is C24H46N4O11. The van der Waals surface area contributed by atoms with Gasteiger partial charge >= 0.3 is 12.1 Å². The lowest BCUT2D eigenvalue weighted by atomic mass is 9.87. The second-order valence-electron chi connectivity index (χ2n) is 8.79. The van der Waals surface area contributed by atoms with E-state index in [2.05, 4.69) is 4.99 Å². The highest BCUT2D eigenvalue weighted by molar-refractivity contribution is 5.85. The molecule has 0 spiro atoms. The van der Waals surface area contributed by atoms with Crippen LogP contribution in [0.25, 0.3) is 0 Å². The number of ether oxygens (including phenoxy) is 6. The number of rotatable bonds is 20.